The van der Waals surface area contributed by atoms with Crippen molar-refractivity contribution in [3.05, 3.63) is 24.5 Å². The third-order valence-electron chi connectivity index (χ3n) is 2.77. The lowest BCUT2D eigenvalue weighted by molar-refractivity contribution is 0.193. The Morgan fingerprint density at radius 2 is 2.20 bits per heavy atom. The number of hydrogen-bond acceptors (Lipinski definition) is 3. The summed E-state index contributed by atoms with van der Waals surface area (Å²) in [5.41, 5.74) is 1.09. The molecule has 1 unspecified atom stereocenters. The second-order valence-corrected chi connectivity index (χ2v) is 4.28. The number of anilines is 1. The molecule has 3 nitrogen and oxygen atoms in total. The standard InChI is InChI=1S/C12H20N2O/c1-10(2)11(9-15)8-14(3)12-5-4-6-13-7-12/h4-7,10-11,15H,8-9H2,1-3H3. The lowest BCUT2D eigenvalue weighted by Crippen LogP contribution is -2.30. The van der Waals surface area contributed by atoms with Gasteiger partial charge in [0, 0.05) is 32.3 Å². The number of pyridine rings is 1. The lowest BCUT2D eigenvalue weighted by Gasteiger charge is -2.26. The summed E-state index contributed by atoms with van der Waals surface area (Å²) in [6.45, 7) is 5.37. The Kier molecular flexibility index (Phi) is 4.56. The van der Waals surface area contributed by atoms with Gasteiger partial charge in [0.1, 0.15) is 0 Å². The fourth-order valence-electron chi connectivity index (χ4n) is 1.52. The molecule has 1 aromatic heterocycles. The van der Waals surface area contributed by atoms with Gasteiger partial charge in [-0.3, -0.25) is 4.98 Å². The van der Waals surface area contributed by atoms with Crippen molar-refractivity contribution in [2.75, 3.05) is 25.1 Å². The van der Waals surface area contributed by atoms with Crippen LogP contribution in [0.4, 0.5) is 5.69 Å². The van der Waals surface area contributed by atoms with Crippen LogP contribution in [-0.2, 0) is 0 Å². The summed E-state index contributed by atoms with van der Waals surface area (Å²) in [4.78, 5) is 6.21. The molecule has 1 aromatic rings. The molecule has 0 radical (unpaired) electrons. The SMILES string of the molecule is CC(C)C(CO)CN(C)c1cccnc1. The van der Waals surface area contributed by atoms with E-state index in [0.717, 1.165) is 12.2 Å². The Morgan fingerprint density at radius 3 is 2.67 bits per heavy atom. The molecule has 3 heteroatoms. The van der Waals surface area contributed by atoms with Crippen LogP contribution in [0.3, 0.4) is 0 Å². The minimum Gasteiger partial charge on any atom is -0.396 e. The van der Waals surface area contributed by atoms with Crippen molar-refractivity contribution in [1.29, 1.82) is 0 Å². The number of hydrogen-bond donors (Lipinski definition) is 1. The lowest BCUT2D eigenvalue weighted by atomic mass is 9.96. The van der Waals surface area contributed by atoms with E-state index in [0.29, 0.717) is 11.8 Å². The Morgan fingerprint density at radius 1 is 1.47 bits per heavy atom. The van der Waals surface area contributed by atoms with Crippen LogP contribution in [0.25, 0.3) is 0 Å². The Hall–Kier alpha value is -1.09. The summed E-state index contributed by atoms with van der Waals surface area (Å²) in [7, 11) is 2.03. The normalized spacial score (nSPS) is 12.9. The van der Waals surface area contributed by atoms with Gasteiger partial charge in [-0.1, -0.05) is 13.8 Å². The first kappa shape index (κ1) is 12.0. The van der Waals surface area contributed by atoms with E-state index in [1.54, 1.807) is 6.20 Å². The molecular weight excluding hydrogens is 188 g/mol. The Bertz CT molecular complexity index is 274. The number of aromatic nitrogens is 1. The minimum atomic E-state index is 0.238. The highest BCUT2D eigenvalue weighted by atomic mass is 16.3. The van der Waals surface area contributed by atoms with Crippen molar-refractivity contribution in [2.24, 2.45) is 11.8 Å². The predicted octanol–water partition coefficient (Wildman–Crippen LogP) is 1.78. The highest BCUT2D eigenvalue weighted by Crippen LogP contribution is 2.16. The molecule has 0 aromatic carbocycles. The molecule has 0 fully saturated rings. The number of aliphatic hydroxyl groups excluding tert-OH is 1. The van der Waals surface area contributed by atoms with Crippen LogP contribution < -0.4 is 4.90 Å². The van der Waals surface area contributed by atoms with Gasteiger partial charge >= 0.3 is 0 Å². The van der Waals surface area contributed by atoms with Crippen LogP contribution in [0.15, 0.2) is 24.5 Å². The van der Waals surface area contributed by atoms with Gasteiger partial charge in [0.25, 0.3) is 0 Å². The molecule has 1 rings (SSSR count). The first-order valence-corrected chi connectivity index (χ1v) is 5.37. The van der Waals surface area contributed by atoms with Gasteiger partial charge in [0.15, 0.2) is 0 Å². The minimum absolute atomic E-state index is 0.238. The van der Waals surface area contributed by atoms with Crippen molar-refractivity contribution in [3.63, 3.8) is 0 Å². The molecular formula is C12H20N2O. The molecule has 0 aliphatic carbocycles. The fourth-order valence-corrected chi connectivity index (χ4v) is 1.52. The number of aliphatic hydroxyl groups is 1. The summed E-state index contributed by atoms with van der Waals surface area (Å²) >= 11 is 0. The van der Waals surface area contributed by atoms with Crippen molar-refractivity contribution in [3.8, 4) is 0 Å². The third kappa shape index (κ3) is 3.51. The van der Waals surface area contributed by atoms with Crippen LogP contribution in [0.2, 0.25) is 0 Å². The van der Waals surface area contributed by atoms with E-state index in [2.05, 4.69) is 23.7 Å². The average molecular weight is 208 g/mol. The summed E-state index contributed by atoms with van der Waals surface area (Å²) in [5.74, 6) is 0.810. The first-order valence-electron chi connectivity index (χ1n) is 5.37. The molecule has 1 heterocycles. The maximum absolute atomic E-state index is 9.25. The highest BCUT2D eigenvalue weighted by Gasteiger charge is 2.14. The molecule has 0 saturated heterocycles. The molecule has 0 aliphatic heterocycles. The summed E-state index contributed by atoms with van der Waals surface area (Å²) in [6.07, 6.45) is 3.61. The largest absolute Gasteiger partial charge is 0.396 e. The molecule has 0 saturated carbocycles. The molecule has 0 amide bonds. The van der Waals surface area contributed by atoms with Gasteiger partial charge in [0.2, 0.25) is 0 Å². The van der Waals surface area contributed by atoms with Gasteiger partial charge in [-0.05, 0) is 18.1 Å². The van der Waals surface area contributed by atoms with Crippen LogP contribution in [-0.4, -0.2) is 30.3 Å². The monoisotopic (exact) mass is 208 g/mol. The zero-order chi connectivity index (χ0) is 11.3. The molecule has 0 aliphatic rings. The van der Waals surface area contributed by atoms with E-state index in [1.807, 2.05) is 25.4 Å². The van der Waals surface area contributed by atoms with Crippen molar-refractivity contribution in [1.82, 2.24) is 4.98 Å². The molecule has 0 spiro atoms. The third-order valence-corrected chi connectivity index (χ3v) is 2.77. The van der Waals surface area contributed by atoms with Crippen molar-refractivity contribution >= 4 is 5.69 Å². The van der Waals surface area contributed by atoms with Gasteiger partial charge in [-0.15, -0.1) is 0 Å². The second kappa shape index (κ2) is 5.71. The maximum atomic E-state index is 9.25. The van der Waals surface area contributed by atoms with Crippen molar-refractivity contribution in [2.45, 2.75) is 13.8 Å². The smallest absolute Gasteiger partial charge is 0.0550 e. The van der Waals surface area contributed by atoms with Crippen LogP contribution in [0, 0.1) is 11.8 Å². The summed E-state index contributed by atoms with van der Waals surface area (Å²) in [5, 5.41) is 9.25. The zero-order valence-corrected chi connectivity index (χ0v) is 9.72. The van der Waals surface area contributed by atoms with Crippen LogP contribution in [0.1, 0.15) is 13.8 Å². The average Bonchev–Trinajstić information content (AvgIpc) is 2.26. The van der Waals surface area contributed by atoms with E-state index >= 15 is 0 Å². The summed E-state index contributed by atoms with van der Waals surface area (Å²) < 4.78 is 0. The fraction of sp³-hybridized carbons (Fsp3) is 0.583. The quantitative estimate of drug-likeness (QED) is 0.801. The van der Waals surface area contributed by atoms with E-state index < -0.39 is 0 Å². The van der Waals surface area contributed by atoms with E-state index in [4.69, 9.17) is 0 Å². The van der Waals surface area contributed by atoms with Crippen LogP contribution >= 0.6 is 0 Å². The first-order chi connectivity index (χ1) is 7.15. The molecule has 84 valence electrons. The van der Waals surface area contributed by atoms with Gasteiger partial charge in [-0.25, -0.2) is 0 Å². The van der Waals surface area contributed by atoms with Gasteiger partial charge in [-0.2, -0.15) is 0 Å². The molecule has 1 atom stereocenters. The summed E-state index contributed by atoms with van der Waals surface area (Å²) in [6, 6.07) is 3.96. The molecule has 0 bridgehead atoms. The van der Waals surface area contributed by atoms with Crippen molar-refractivity contribution < 1.29 is 5.11 Å². The zero-order valence-electron chi connectivity index (χ0n) is 9.72. The van der Waals surface area contributed by atoms with E-state index in [1.165, 1.54) is 0 Å². The maximum Gasteiger partial charge on any atom is 0.0550 e. The van der Waals surface area contributed by atoms with Gasteiger partial charge < -0.3 is 10.0 Å². The number of nitrogens with zero attached hydrogens (tertiary/aromatic N) is 2. The van der Waals surface area contributed by atoms with E-state index in [-0.39, 0.29) is 6.61 Å². The predicted molar refractivity (Wildman–Crippen MR) is 62.9 cm³/mol. The topological polar surface area (TPSA) is 36.4 Å². The Balaban J connectivity index is 2.58. The molecule has 1 N–H and O–H groups in total. The highest BCUT2D eigenvalue weighted by molar-refractivity contribution is 5.42. The number of rotatable bonds is 5. The van der Waals surface area contributed by atoms with E-state index in [9.17, 15) is 5.11 Å². The Labute approximate surface area is 91.8 Å². The molecule has 15 heavy (non-hydrogen) atoms. The van der Waals surface area contributed by atoms with Gasteiger partial charge in [0.05, 0.1) is 11.9 Å². The second-order valence-electron chi connectivity index (χ2n) is 4.28. The van der Waals surface area contributed by atoms with Crippen LogP contribution in [0.5, 0.6) is 0 Å².